The third-order valence-electron chi connectivity index (χ3n) is 7.00. The minimum absolute atomic E-state index is 0.156. The number of rotatable bonds is 8. The van der Waals surface area contributed by atoms with E-state index in [1.807, 2.05) is 0 Å². The summed E-state index contributed by atoms with van der Waals surface area (Å²) >= 11 is 0. The lowest BCUT2D eigenvalue weighted by Crippen LogP contribution is -2.51. The average molecular weight is 607 g/mol. The van der Waals surface area contributed by atoms with Gasteiger partial charge in [-0.05, 0) is 24.3 Å². The van der Waals surface area contributed by atoms with Crippen LogP contribution in [0.2, 0.25) is 0 Å². The number of aliphatic imine (C=N–C) groups is 1. The van der Waals surface area contributed by atoms with Crippen LogP contribution in [0.25, 0.3) is 0 Å². The summed E-state index contributed by atoms with van der Waals surface area (Å²) in [5.41, 5.74) is -1.92. The second-order valence-corrected chi connectivity index (χ2v) is 9.67. The van der Waals surface area contributed by atoms with Gasteiger partial charge in [0.05, 0.1) is 12.2 Å². The molecule has 0 heterocycles. The summed E-state index contributed by atoms with van der Waals surface area (Å²) in [5, 5.41) is 87.6. The van der Waals surface area contributed by atoms with E-state index in [4.69, 9.17) is 14.5 Å². The first-order valence-electron chi connectivity index (χ1n) is 12.9. The predicted molar refractivity (Wildman–Crippen MR) is 153 cm³/mol. The molecule has 0 spiro atoms. The number of carbonyl (C=O) groups is 1. The van der Waals surface area contributed by atoms with Gasteiger partial charge in [0.25, 0.3) is 0 Å². The molecular weight excluding hydrogens is 580 g/mol. The van der Waals surface area contributed by atoms with Crippen LogP contribution >= 0.6 is 0 Å². The normalized spacial score (nSPS) is 19.2. The Kier molecular flexibility index (Phi) is 8.19. The molecule has 9 N–H and O–H groups in total. The standard InChI is InChI=1S/C30H26N2O12/c33-16-11-18(35)24(31-13-42-44-15-9-5-2-6-10-15)28(39)20(16)22-26(37)23(27(22)38)21-17(34)12-19(36)25(29(21)40)32-30(41)43-14-7-3-1-4-8-14/h1-13,22-23,26-27,33-40H,(H,32,41). The highest BCUT2D eigenvalue weighted by Gasteiger charge is 2.54. The van der Waals surface area contributed by atoms with E-state index in [-0.39, 0.29) is 5.75 Å². The van der Waals surface area contributed by atoms with Gasteiger partial charge in [0, 0.05) is 35.1 Å². The van der Waals surface area contributed by atoms with Gasteiger partial charge in [-0.2, -0.15) is 0 Å². The molecule has 228 valence electrons. The molecule has 0 saturated heterocycles. The highest BCUT2D eigenvalue weighted by Crippen LogP contribution is 2.59. The van der Waals surface area contributed by atoms with E-state index in [1.54, 1.807) is 48.5 Å². The SMILES string of the molecule is O=C(Nc1c(O)cc(O)c(C2C(O)C(c3c(O)cc(O)c(N=COOc4ccccc4)c3O)C2O)c1O)Oc1ccccc1. The summed E-state index contributed by atoms with van der Waals surface area (Å²) in [6.45, 7) is 0. The van der Waals surface area contributed by atoms with E-state index in [9.17, 15) is 45.6 Å². The van der Waals surface area contributed by atoms with Crippen molar-refractivity contribution in [1.82, 2.24) is 0 Å². The molecule has 14 heteroatoms. The molecule has 4 aromatic carbocycles. The summed E-state index contributed by atoms with van der Waals surface area (Å²) in [5.74, 6) is -6.91. The summed E-state index contributed by atoms with van der Waals surface area (Å²) in [7, 11) is 0. The van der Waals surface area contributed by atoms with Crippen LogP contribution in [-0.2, 0) is 4.89 Å². The maximum Gasteiger partial charge on any atom is 0.417 e. The first-order chi connectivity index (χ1) is 21.1. The van der Waals surface area contributed by atoms with Crippen LogP contribution < -0.4 is 14.9 Å². The zero-order valence-corrected chi connectivity index (χ0v) is 22.5. The van der Waals surface area contributed by atoms with Crippen molar-refractivity contribution >= 4 is 23.9 Å². The molecule has 1 fully saturated rings. The molecule has 1 saturated carbocycles. The molecule has 14 nitrogen and oxygen atoms in total. The Labute approximate surface area is 248 Å². The molecule has 0 aromatic heterocycles. The number of ether oxygens (including phenoxy) is 1. The quantitative estimate of drug-likeness (QED) is 0.0348. The van der Waals surface area contributed by atoms with Gasteiger partial charge < -0.3 is 45.6 Å². The van der Waals surface area contributed by atoms with E-state index in [2.05, 4.69) is 10.3 Å². The van der Waals surface area contributed by atoms with Crippen molar-refractivity contribution in [3.05, 3.63) is 83.9 Å². The lowest BCUT2D eigenvalue weighted by atomic mass is 9.62. The summed E-state index contributed by atoms with van der Waals surface area (Å²) in [4.78, 5) is 26.0. The fourth-order valence-electron chi connectivity index (χ4n) is 4.95. The molecule has 44 heavy (non-hydrogen) atoms. The van der Waals surface area contributed by atoms with Crippen LogP contribution in [0.5, 0.6) is 46.0 Å². The molecule has 1 amide bonds. The number of para-hydroxylation sites is 2. The van der Waals surface area contributed by atoms with Crippen LogP contribution in [0.4, 0.5) is 16.2 Å². The number of aliphatic hydroxyl groups is 2. The van der Waals surface area contributed by atoms with Crippen molar-refractivity contribution in [1.29, 1.82) is 0 Å². The minimum atomic E-state index is -1.66. The van der Waals surface area contributed by atoms with Crippen LogP contribution in [0.1, 0.15) is 23.0 Å². The number of phenols is 6. The molecule has 5 rings (SSSR count). The number of hydrogen-bond donors (Lipinski definition) is 9. The van der Waals surface area contributed by atoms with Crippen molar-refractivity contribution in [2.45, 2.75) is 24.0 Å². The van der Waals surface area contributed by atoms with Crippen molar-refractivity contribution in [3.8, 4) is 46.0 Å². The number of nitrogens with zero attached hydrogens (tertiary/aromatic N) is 1. The maximum absolute atomic E-state index is 12.4. The third kappa shape index (κ3) is 5.62. The number of aliphatic hydroxyl groups excluding tert-OH is 2. The lowest BCUT2D eigenvalue weighted by molar-refractivity contribution is -0.109. The van der Waals surface area contributed by atoms with Gasteiger partial charge in [-0.25, -0.2) is 9.79 Å². The fourth-order valence-corrected chi connectivity index (χ4v) is 4.95. The predicted octanol–water partition coefficient (Wildman–Crippen LogP) is 3.80. The second kappa shape index (κ2) is 12.2. The van der Waals surface area contributed by atoms with Crippen molar-refractivity contribution in [2.24, 2.45) is 4.99 Å². The van der Waals surface area contributed by atoms with E-state index in [0.29, 0.717) is 5.75 Å². The number of hydrogen-bond acceptors (Lipinski definition) is 13. The summed E-state index contributed by atoms with van der Waals surface area (Å²) < 4.78 is 5.08. The Morgan fingerprint density at radius 3 is 1.82 bits per heavy atom. The van der Waals surface area contributed by atoms with Gasteiger partial charge in [-0.1, -0.05) is 36.4 Å². The van der Waals surface area contributed by atoms with Crippen molar-refractivity contribution in [3.63, 3.8) is 0 Å². The summed E-state index contributed by atoms with van der Waals surface area (Å²) in [6.07, 6.45) is -3.67. The Morgan fingerprint density at radius 1 is 0.705 bits per heavy atom. The molecule has 0 radical (unpaired) electrons. The molecule has 2 atom stereocenters. The molecule has 2 unspecified atom stereocenters. The van der Waals surface area contributed by atoms with Gasteiger partial charge >= 0.3 is 6.09 Å². The number of amides is 1. The molecule has 4 aromatic rings. The van der Waals surface area contributed by atoms with Crippen LogP contribution in [0, 0.1) is 0 Å². The van der Waals surface area contributed by atoms with Gasteiger partial charge in [0.15, 0.2) is 17.2 Å². The van der Waals surface area contributed by atoms with Crippen molar-refractivity contribution < 1.29 is 60.2 Å². The number of benzene rings is 4. The second-order valence-electron chi connectivity index (χ2n) is 9.67. The van der Waals surface area contributed by atoms with Gasteiger partial charge in [0.1, 0.15) is 40.2 Å². The summed E-state index contributed by atoms with van der Waals surface area (Å²) in [6, 6.07) is 17.8. The minimum Gasteiger partial charge on any atom is -0.507 e. The van der Waals surface area contributed by atoms with E-state index in [0.717, 1.165) is 18.5 Å². The monoisotopic (exact) mass is 606 g/mol. The van der Waals surface area contributed by atoms with Gasteiger partial charge in [0.2, 0.25) is 6.40 Å². The van der Waals surface area contributed by atoms with Gasteiger partial charge in [-0.3, -0.25) is 15.1 Å². The first kappa shape index (κ1) is 29.6. The topological polar surface area (TPSA) is 231 Å². The Hall–Kier alpha value is -5.86. The average Bonchev–Trinajstić information content (AvgIpc) is 2.99. The molecule has 1 aliphatic rings. The number of nitrogens with one attached hydrogen (secondary N) is 1. The number of anilines is 1. The van der Waals surface area contributed by atoms with Gasteiger partial charge in [-0.15, -0.1) is 0 Å². The number of phenolic OH excluding ortho intramolecular Hbond substituents is 6. The highest BCUT2D eigenvalue weighted by molar-refractivity contribution is 5.91. The van der Waals surface area contributed by atoms with Crippen LogP contribution in [0.15, 0.2) is 77.8 Å². The zero-order chi connectivity index (χ0) is 31.5. The fraction of sp³-hybridized carbons (Fsp3) is 0.133. The van der Waals surface area contributed by atoms with E-state index >= 15 is 0 Å². The highest BCUT2D eigenvalue weighted by atomic mass is 17.2. The lowest BCUT2D eigenvalue weighted by Gasteiger charge is -2.47. The maximum atomic E-state index is 12.4. The van der Waals surface area contributed by atoms with Crippen molar-refractivity contribution in [2.75, 3.05) is 5.32 Å². The van der Waals surface area contributed by atoms with Crippen LogP contribution in [0.3, 0.4) is 0 Å². The number of carbonyl (C=O) groups excluding carboxylic acids is 1. The molecule has 0 aliphatic heterocycles. The Morgan fingerprint density at radius 2 is 1.23 bits per heavy atom. The number of aromatic hydroxyl groups is 6. The molecule has 0 bridgehead atoms. The smallest absolute Gasteiger partial charge is 0.417 e. The Bertz CT molecular complexity index is 1690. The molecular formula is C30H26N2O12. The van der Waals surface area contributed by atoms with Crippen LogP contribution in [-0.4, -0.2) is 65.6 Å². The van der Waals surface area contributed by atoms with E-state index < -0.39 is 87.1 Å². The van der Waals surface area contributed by atoms with E-state index in [1.165, 1.54) is 12.1 Å². The molecule has 1 aliphatic carbocycles. The zero-order valence-electron chi connectivity index (χ0n) is 22.5. The first-order valence-corrected chi connectivity index (χ1v) is 12.9. The largest absolute Gasteiger partial charge is 0.507 e. The Balaban J connectivity index is 1.38. The third-order valence-corrected chi connectivity index (χ3v) is 7.00.